The minimum absolute atomic E-state index is 0.203. The third-order valence-corrected chi connectivity index (χ3v) is 3.59. The standard InChI is InChI=1S/C15H26O9/c1-11(17)22-7-4-14(20,5-8-23-12(2)18)15(21,10-16)6-9-24-13(3)19/h16,20-21H,4-10H2,1-3H3. The highest BCUT2D eigenvalue weighted by molar-refractivity contribution is 5.66. The Morgan fingerprint density at radius 2 is 1.00 bits per heavy atom. The third kappa shape index (κ3) is 7.71. The fraction of sp³-hybridized carbons (Fsp3) is 0.800. The number of carbonyl (C=O) groups excluding carboxylic acids is 3. The number of carbonyl (C=O) groups is 3. The van der Waals surface area contributed by atoms with Gasteiger partial charge < -0.3 is 29.5 Å². The van der Waals surface area contributed by atoms with Gasteiger partial charge in [0.15, 0.2) is 0 Å². The van der Waals surface area contributed by atoms with Crippen LogP contribution in [0, 0.1) is 0 Å². The molecule has 0 aromatic rings. The topological polar surface area (TPSA) is 140 Å². The van der Waals surface area contributed by atoms with Crippen LogP contribution in [0.25, 0.3) is 0 Å². The normalized spacial score (nSPS) is 13.8. The Morgan fingerprint density at radius 1 is 0.708 bits per heavy atom. The maximum atomic E-state index is 10.9. The van der Waals surface area contributed by atoms with E-state index < -0.39 is 35.7 Å². The van der Waals surface area contributed by atoms with Crippen LogP contribution in [0.5, 0.6) is 0 Å². The van der Waals surface area contributed by atoms with Crippen LogP contribution in [0.1, 0.15) is 40.0 Å². The van der Waals surface area contributed by atoms with E-state index in [2.05, 4.69) is 0 Å². The first-order chi connectivity index (χ1) is 11.1. The van der Waals surface area contributed by atoms with Gasteiger partial charge in [-0.15, -0.1) is 0 Å². The summed E-state index contributed by atoms with van der Waals surface area (Å²) in [5.41, 5.74) is -3.96. The molecule has 24 heavy (non-hydrogen) atoms. The van der Waals surface area contributed by atoms with Crippen molar-refractivity contribution in [2.24, 2.45) is 0 Å². The van der Waals surface area contributed by atoms with Crippen molar-refractivity contribution in [3.05, 3.63) is 0 Å². The second-order valence-corrected chi connectivity index (χ2v) is 5.49. The molecule has 0 aliphatic rings. The second-order valence-electron chi connectivity index (χ2n) is 5.49. The molecule has 0 radical (unpaired) electrons. The minimum atomic E-state index is -2.04. The lowest BCUT2D eigenvalue weighted by atomic mass is 9.76. The lowest BCUT2D eigenvalue weighted by molar-refractivity contribution is -0.199. The van der Waals surface area contributed by atoms with Gasteiger partial charge in [0, 0.05) is 40.0 Å². The van der Waals surface area contributed by atoms with E-state index in [0.29, 0.717) is 0 Å². The second kappa shape index (κ2) is 10.2. The van der Waals surface area contributed by atoms with Crippen molar-refractivity contribution < 1.29 is 43.9 Å². The summed E-state index contributed by atoms with van der Waals surface area (Å²) in [6.45, 7) is 2.10. The lowest BCUT2D eigenvalue weighted by Crippen LogP contribution is -2.58. The molecule has 0 aromatic heterocycles. The molecule has 0 bridgehead atoms. The highest BCUT2D eigenvalue weighted by Crippen LogP contribution is 2.32. The molecule has 1 atom stereocenters. The molecule has 9 nitrogen and oxygen atoms in total. The van der Waals surface area contributed by atoms with Crippen molar-refractivity contribution in [2.45, 2.75) is 51.2 Å². The molecular weight excluding hydrogens is 324 g/mol. The summed E-state index contributed by atoms with van der Waals surface area (Å²) in [4.78, 5) is 32.5. The van der Waals surface area contributed by atoms with E-state index in [1.165, 1.54) is 20.8 Å². The summed E-state index contributed by atoms with van der Waals surface area (Å²) in [7, 11) is 0. The van der Waals surface area contributed by atoms with Crippen LogP contribution in [-0.2, 0) is 28.6 Å². The molecule has 0 rings (SSSR count). The van der Waals surface area contributed by atoms with Gasteiger partial charge in [0.1, 0.15) is 11.2 Å². The Labute approximate surface area is 140 Å². The van der Waals surface area contributed by atoms with Crippen molar-refractivity contribution in [2.75, 3.05) is 26.4 Å². The molecule has 0 spiro atoms. The van der Waals surface area contributed by atoms with Crippen LogP contribution in [0.15, 0.2) is 0 Å². The van der Waals surface area contributed by atoms with Gasteiger partial charge >= 0.3 is 17.9 Å². The van der Waals surface area contributed by atoms with Crippen molar-refractivity contribution >= 4 is 17.9 Å². The Bertz CT molecular complexity index is 415. The van der Waals surface area contributed by atoms with Crippen molar-refractivity contribution in [1.29, 1.82) is 0 Å². The van der Waals surface area contributed by atoms with E-state index in [4.69, 9.17) is 14.2 Å². The van der Waals surface area contributed by atoms with Gasteiger partial charge in [0.25, 0.3) is 0 Å². The number of aliphatic hydroxyl groups is 3. The third-order valence-electron chi connectivity index (χ3n) is 3.59. The first kappa shape index (κ1) is 22.3. The fourth-order valence-corrected chi connectivity index (χ4v) is 2.14. The molecule has 0 saturated carbocycles. The molecule has 1 unspecified atom stereocenters. The van der Waals surface area contributed by atoms with Gasteiger partial charge in [-0.2, -0.15) is 0 Å². The molecule has 0 saturated heterocycles. The van der Waals surface area contributed by atoms with E-state index >= 15 is 0 Å². The van der Waals surface area contributed by atoms with Gasteiger partial charge in [-0.05, 0) is 0 Å². The Morgan fingerprint density at radius 3 is 1.25 bits per heavy atom. The number of esters is 3. The maximum absolute atomic E-state index is 10.9. The monoisotopic (exact) mass is 350 g/mol. The van der Waals surface area contributed by atoms with Gasteiger partial charge in [-0.25, -0.2) is 0 Å². The minimum Gasteiger partial charge on any atom is -0.466 e. The Kier molecular flexibility index (Phi) is 9.49. The first-order valence-electron chi connectivity index (χ1n) is 7.52. The lowest BCUT2D eigenvalue weighted by Gasteiger charge is -2.42. The average Bonchev–Trinajstić information content (AvgIpc) is 2.45. The summed E-state index contributed by atoms with van der Waals surface area (Å²) in [5.74, 6) is -1.70. The zero-order chi connectivity index (χ0) is 18.8. The predicted molar refractivity (Wildman–Crippen MR) is 80.7 cm³/mol. The van der Waals surface area contributed by atoms with Gasteiger partial charge in [-0.1, -0.05) is 0 Å². The maximum Gasteiger partial charge on any atom is 0.302 e. The van der Waals surface area contributed by atoms with Gasteiger partial charge in [-0.3, -0.25) is 14.4 Å². The van der Waals surface area contributed by atoms with E-state index in [-0.39, 0.29) is 39.1 Å². The molecule has 0 heterocycles. The van der Waals surface area contributed by atoms with Crippen molar-refractivity contribution in [1.82, 2.24) is 0 Å². The molecular formula is C15H26O9. The van der Waals surface area contributed by atoms with Crippen LogP contribution in [0.2, 0.25) is 0 Å². The fourth-order valence-electron chi connectivity index (χ4n) is 2.14. The SMILES string of the molecule is CC(=O)OCCC(O)(CO)C(O)(CCOC(C)=O)CCOC(C)=O. The molecule has 3 N–H and O–H groups in total. The zero-order valence-corrected chi connectivity index (χ0v) is 14.2. The van der Waals surface area contributed by atoms with Crippen LogP contribution in [0.3, 0.4) is 0 Å². The van der Waals surface area contributed by atoms with Crippen molar-refractivity contribution in [3.63, 3.8) is 0 Å². The van der Waals surface area contributed by atoms with E-state index in [1.807, 2.05) is 0 Å². The van der Waals surface area contributed by atoms with E-state index in [9.17, 15) is 29.7 Å². The molecule has 9 heteroatoms. The Hall–Kier alpha value is -1.71. The smallest absolute Gasteiger partial charge is 0.302 e. The largest absolute Gasteiger partial charge is 0.466 e. The van der Waals surface area contributed by atoms with Crippen LogP contribution >= 0.6 is 0 Å². The van der Waals surface area contributed by atoms with Crippen LogP contribution in [0.4, 0.5) is 0 Å². The zero-order valence-electron chi connectivity index (χ0n) is 14.2. The molecule has 0 aliphatic heterocycles. The van der Waals surface area contributed by atoms with Gasteiger partial charge in [0.05, 0.1) is 26.4 Å². The number of hydrogen-bond donors (Lipinski definition) is 3. The van der Waals surface area contributed by atoms with Crippen LogP contribution < -0.4 is 0 Å². The number of rotatable bonds is 11. The van der Waals surface area contributed by atoms with Crippen LogP contribution in [-0.4, -0.2) is 70.9 Å². The van der Waals surface area contributed by atoms with E-state index in [0.717, 1.165) is 0 Å². The molecule has 0 aromatic carbocycles. The summed E-state index contributed by atoms with van der Waals surface area (Å²) < 4.78 is 14.3. The van der Waals surface area contributed by atoms with E-state index in [1.54, 1.807) is 0 Å². The molecule has 0 amide bonds. The molecule has 140 valence electrons. The highest BCUT2D eigenvalue weighted by atomic mass is 16.5. The van der Waals surface area contributed by atoms with Crippen molar-refractivity contribution in [3.8, 4) is 0 Å². The first-order valence-corrected chi connectivity index (χ1v) is 7.52. The number of hydrogen-bond acceptors (Lipinski definition) is 9. The summed E-state index contributed by atoms with van der Waals surface area (Å²) in [6.07, 6.45) is -0.657. The number of ether oxygens (including phenoxy) is 3. The van der Waals surface area contributed by atoms with Gasteiger partial charge in [0.2, 0.25) is 0 Å². The molecule has 0 aliphatic carbocycles. The highest BCUT2D eigenvalue weighted by Gasteiger charge is 2.48. The average molecular weight is 350 g/mol. The predicted octanol–water partition coefficient (Wildman–Crippen LogP) is -0.699. The summed E-state index contributed by atoms with van der Waals surface area (Å²) in [6, 6.07) is 0. The number of aliphatic hydroxyl groups excluding tert-OH is 1. The summed E-state index contributed by atoms with van der Waals surface area (Å²) in [5, 5.41) is 30.9. The molecule has 0 fully saturated rings. The Balaban J connectivity index is 5.07. The summed E-state index contributed by atoms with van der Waals surface area (Å²) >= 11 is 0. The quantitative estimate of drug-likeness (QED) is 0.326.